The Morgan fingerprint density at radius 2 is 0.727 bits per heavy atom. The number of hydrogen-bond donors (Lipinski definition) is 0. The fourth-order valence-electron chi connectivity index (χ4n) is 3.87. The zero-order valence-corrected chi connectivity index (χ0v) is 22.7. The highest BCUT2D eigenvalue weighted by Gasteiger charge is 2.07. The minimum absolute atomic E-state index is 0.834. The van der Waals surface area contributed by atoms with Crippen LogP contribution in [0.2, 0.25) is 0 Å². The first-order chi connectivity index (χ1) is 16.1. The van der Waals surface area contributed by atoms with E-state index >= 15 is 0 Å². The summed E-state index contributed by atoms with van der Waals surface area (Å²) in [6, 6.07) is 0. The van der Waals surface area contributed by atoms with Crippen molar-refractivity contribution in [3.8, 4) is 0 Å². The van der Waals surface area contributed by atoms with Gasteiger partial charge in [-0.15, -0.1) is 8.42 Å². The van der Waals surface area contributed by atoms with E-state index in [2.05, 4.69) is 13.8 Å². The van der Waals surface area contributed by atoms with Crippen molar-refractivity contribution in [1.29, 1.82) is 0 Å². The SMILES string of the molecule is CCCCCCCCCCCC/C=C/OS(=O)(=O)O/C=C/CCCCCCCCCCCC. The Kier molecular flexibility index (Phi) is 24.9. The molecule has 0 unspecified atom stereocenters. The fourth-order valence-corrected chi connectivity index (χ4v) is 4.35. The molecule has 0 aromatic heterocycles. The summed E-state index contributed by atoms with van der Waals surface area (Å²) in [5.74, 6) is 0. The Labute approximate surface area is 206 Å². The van der Waals surface area contributed by atoms with Crippen LogP contribution in [0.25, 0.3) is 0 Å². The van der Waals surface area contributed by atoms with Crippen LogP contribution in [0.4, 0.5) is 0 Å². The lowest BCUT2D eigenvalue weighted by Gasteiger charge is -2.02. The summed E-state index contributed by atoms with van der Waals surface area (Å²) in [7, 11) is -3.98. The van der Waals surface area contributed by atoms with Crippen molar-refractivity contribution in [2.24, 2.45) is 0 Å². The van der Waals surface area contributed by atoms with Gasteiger partial charge >= 0.3 is 10.4 Å². The summed E-state index contributed by atoms with van der Waals surface area (Å²) in [4.78, 5) is 0. The molecule has 0 amide bonds. The van der Waals surface area contributed by atoms with E-state index in [1.54, 1.807) is 12.2 Å². The monoisotopic (exact) mass is 486 g/mol. The van der Waals surface area contributed by atoms with Crippen molar-refractivity contribution in [3.05, 3.63) is 24.7 Å². The number of unbranched alkanes of at least 4 members (excludes halogenated alkanes) is 20. The first-order valence-corrected chi connectivity index (χ1v) is 15.4. The van der Waals surface area contributed by atoms with E-state index in [1.165, 1.54) is 128 Å². The molecular formula is C28H54O4S. The molecule has 0 spiro atoms. The largest absolute Gasteiger partial charge is 0.499 e. The zero-order valence-electron chi connectivity index (χ0n) is 21.9. The normalized spacial score (nSPS) is 12.2. The van der Waals surface area contributed by atoms with Crippen LogP contribution in [0, 0.1) is 0 Å². The van der Waals surface area contributed by atoms with E-state index in [0.717, 1.165) is 25.7 Å². The van der Waals surface area contributed by atoms with Crippen LogP contribution in [0.15, 0.2) is 24.7 Å². The van der Waals surface area contributed by atoms with Crippen LogP contribution in [-0.2, 0) is 18.8 Å². The van der Waals surface area contributed by atoms with E-state index in [0.29, 0.717) is 0 Å². The van der Waals surface area contributed by atoms with Crippen molar-refractivity contribution in [1.82, 2.24) is 0 Å². The summed E-state index contributed by atoms with van der Waals surface area (Å²) in [5.41, 5.74) is 0. The zero-order chi connectivity index (χ0) is 24.3. The van der Waals surface area contributed by atoms with Gasteiger partial charge in [0.15, 0.2) is 0 Å². The third kappa shape index (κ3) is 27.2. The average Bonchev–Trinajstić information content (AvgIpc) is 2.80. The predicted molar refractivity (Wildman–Crippen MR) is 142 cm³/mol. The molecule has 33 heavy (non-hydrogen) atoms. The second-order valence-corrected chi connectivity index (χ2v) is 10.5. The highest BCUT2D eigenvalue weighted by Crippen LogP contribution is 2.13. The van der Waals surface area contributed by atoms with Crippen LogP contribution in [0.1, 0.15) is 155 Å². The molecule has 0 aliphatic heterocycles. The first kappa shape index (κ1) is 32.0. The van der Waals surface area contributed by atoms with Gasteiger partial charge in [-0.2, -0.15) is 0 Å². The highest BCUT2D eigenvalue weighted by molar-refractivity contribution is 7.82. The second kappa shape index (κ2) is 25.6. The van der Waals surface area contributed by atoms with Crippen molar-refractivity contribution in [2.45, 2.75) is 155 Å². The maximum atomic E-state index is 11.7. The fraction of sp³-hybridized carbons (Fsp3) is 0.857. The van der Waals surface area contributed by atoms with Crippen molar-refractivity contribution < 1.29 is 16.8 Å². The van der Waals surface area contributed by atoms with Crippen LogP contribution >= 0.6 is 0 Å². The Balaban J connectivity index is 3.48. The minimum Gasteiger partial charge on any atom is -0.361 e. The molecule has 4 nitrogen and oxygen atoms in total. The molecule has 0 N–H and O–H groups in total. The third-order valence-corrected chi connectivity index (χ3v) is 6.68. The third-order valence-electron chi connectivity index (χ3n) is 5.99. The van der Waals surface area contributed by atoms with Crippen LogP contribution < -0.4 is 0 Å². The second-order valence-electron chi connectivity index (χ2n) is 9.29. The van der Waals surface area contributed by atoms with Crippen molar-refractivity contribution in [3.63, 3.8) is 0 Å². The lowest BCUT2D eigenvalue weighted by molar-refractivity contribution is 0.334. The molecule has 0 aliphatic carbocycles. The summed E-state index contributed by atoms with van der Waals surface area (Å²) < 4.78 is 32.9. The minimum atomic E-state index is -3.98. The molecule has 0 aromatic carbocycles. The molecule has 0 fully saturated rings. The molecule has 0 radical (unpaired) electrons. The molecule has 5 heteroatoms. The van der Waals surface area contributed by atoms with Gasteiger partial charge in [-0.1, -0.05) is 129 Å². The summed E-state index contributed by atoms with van der Waals surface area (Å²) in [6.45, 7) is 4.50. The predicted octanol–water partition coefficient (Wildman–Crippen LogP) is 9.91. The Morgan fingerprint density at radius 1 is 0.455 bits per heavy atom. The first-order valence-electron chi connectivity index (χ1n) is 14.0. The lowest BCUT2D eigenvalue weighted by atomic mass is 10.1. The summed E-state index contributed by atoms with van der Waals surface area (Å²) in [6.07, 6.45) is 33.5. The molecule has 0 aromatic rings. The average molecular weight is 487 g/mol. The van der Waals surface area contributed by atoms with Gasteiger partial charge in [0, 0.05) is 0 Å². The van der Waals surface area contributed by atoms with E-state index in [9.17, 15) is 8.42 Å². The van der Waals surface area contributed by atoms with E-state index < -0.39 is 10.4 Å². The number of hydrogen-bond acceptors (Lipinski definition) is 4. The molecule has 0 atom stereocenters. The maximum absolute atomic E-state index is 11.7. The van der Waals surface area contributed by atoms with Crippen LogP contribution in [-0.4, -0.2) is 8.42 Å². The van der Waals surface area contributed by atoms with Gasteiger partial charge in [0.05, 0.1) is 0 Å². The molecule has 0 bridgehead atoms. The highest BCUT2D eigenvalue weighted by atomic mass is 32.3. The molecular weight excluding hydrogens is 432 g/mol. The van der Waals surface area contributed by atoms with Crippen LogP contribution in [0.3, 0.4) is 0 Å². The molecule has 196 valence electrons. The van der Waals surface area contributed by atoms with Gasteiger partial charge in [-0.25, -0.2) is 0 Å². The molecule has 0 heterocycles. The van der Waals surface area contributed by atoms with Gasteiger partial charge in [0.1, 0.15) is 12.5 Å². The smallest absolute Gasteiger partial charge is 0.361 e. The Hall–Kier alpha value is -0.970. The topological polar surface area (TPSA) is 52.6 Å². The molecule has 0 saturated heterocycles. The summed E-state index contributed by atoms with van der Waals surface area (Å²) in [5, 5.41) is 0. The Bertz CT molecular complexity index is 498. The quantitative estimate of drug-likeness (QED) is 0.0901. The van der Waals surface area contributed by atoms with E-state index in [-0.39, 0.29) is 0 Å². The number of rotatable bonds is 26. The molecule has 0 rings (SSSR count). The molecule has 0 saturated carbocycles. The van der Waals surface area contributed by atoms with E-state index in [4.69, 9.17) is 8.37 Å². The van der Waals surface area contributed by atoms with Crippen molar-refractivity contribution in [2.75, 3.05) is 0 Å². The maximum Gasteiger partial charge on any atom is 0.499 e. The Morgan fingerprint density at radius 3 is 1.03 bits per heavy atom. The summed E-state index contributed by atoms with van der Waals surface area (Å²) >= 11 is 0. The van der Waals surface area contributed by atoms with Gasteiger partial charge in [0.25, 0.3) is 0 Å². The van der Waals surface area contributed by atoms with Gasteiger partial charge < -0.3 is 8.37 Å². The van der Waals surface area contributed by atoms with Gasteiger partial charge in [-0.05, 0) is 37.8 Å². The standard InChI is InChI=1S/C28H54O4S/c1-3-5-7-9-11-13-15-17-19-21-23-25-27-31-33(29,30)32-28-26-24-22-20-18-16-14-12-10-8-6-4-2/h25-28H,3-24H2,1-2H3/b27-25+,28-26+. The molecule has 0 aliphatic rings. The lowest BCUT2D eigenvalue weighted by Crippen LogP contribution is -2.02. The van der Waals surface area contributed by atoms with Crippen LogP contribution in [0.5, 0.6) is 0 Å². The number of allylic oxidation sites excluding steroid dienone is 2. The van der Waals surface area contributed by atoms with Crippen molar-refractivity contribution >= 4 is 10.4 Å². The van der Waals surface area contributed by atoms with Gasteiger partial charge in [-0.3, -0.25) is 0 Å². The van der Waals surface area contributed by atoms with Gasteiger partial charge in [0.2, 0.25) is 0 Å². The van der Waals surface area contributed by atoms with E-state index in [1.807, 2.05) is 0 Å².